The molecule has 0 fully saturated rings. The number of nitrogens with one attached hydrogen (secondary N) is 1. The average Bonchev–Trinajstić information content (AvgIpc) is 2.55. The highest BCUT2D eigenvalue weighted by Crippen LogP contribution is 2.22. The van der Waals surface area contributed by atoms with E-state index in [0.29, 0.717) is 16.9 Å². The van der Waals surface area contributed by atoms with Gasteiger partial charge in [-0.15, -0.1) is 0 Å². The van der Waals surface area contributed by atoms with Gasteiger partial charge in [-0.2, -0.15) is 0 Å². The highest BCUT2D eigenvalue weighted by Gasteiger charge is 2.09. The Kier molecular flexibility index (Phi) is 3.43. The Bertz CT molecular complexity index is 813. The monoisotopic (exact) mass is 276 g/mol. The lowest BCUT2D eigenvalue weighted by Gasteiger charge is -2.08. The molecular formula is C17H12N2O2. The van der Waals surface area contributed by atoms with Crippen LogP contribution in [0, 0.1) is 0 Å². The van der Waals surface area contributed by atoms with Crippen LogP contribution in [0.25, 0.3) is 10.8 Å². The molecule has 0 aliphatic heterocycles. The van der Waals surface area contributed by atoms with Gasteiger partial charge in [0, 0.05) is 22.7 Å². The molecule has 0 saturated heterocycles. The van der Waals surface area contributed by atoms with E-state index in [1.54, 1.807) is 42.6 Å². The molecule has 4 heteroatoms. The minimum atomic E-state index is -0.230. The first-order chi connectivity index (χ1) is 10.3. The normalized spacial score (nSPS) is 10.3. The van der Waals surface area contributed by atoms with Gasteiger partial charge in [-0.3, -0.25) is 9.59 Å². The van der Waals surface area contributed by atoms with Gasteiger partial charge in [-0.1, -0.05) is 30.3 Å². The molecule has 0 spiro atoms. The zero-order chi connectivity index (χ0) is 14.7. The summed E-state index contributed by atoms with van der Waals surface area (Å²) in [4.78, 5) is 27.3. The predicted octanol–water partition coefficient (Wildman–Crippen LogP) is 3.30. The third kappa shape index (κ3) is 2.65. The minimum absolute atomic E-state index is 0.230. The van der Waals surface area contributed by atoms with Crippen LogP contribution in [0.15, 0.2) is 60.8 Å². The Labute approximate surface area is 121 Å². The minimum Gasteiger partial charge on any atom is -0.306 e. The topological polar surface area (TPSA) is 59.1 Å². The fourth-order valence-corrected chi connectivity index (χ4v) is 2.13. The molecule has 4 nitrogen and oxygen atoms in total. The molecule has 2 aromatic carbocycles. The Hall–Kier alpha value is -3.01. The Morgan fingerprint density at radius 1 is 1.05 bits per heavy atom. The molecule has 1 N–H and O–H groups in total. The van der Waals surface area contributed by atoms with E-state index in [1.807, 2.05) is 18.2 Å². The van der Waals surface area contributed by atoms with Crippen molar-refractivity contribution in [2.45, 2.75) is 0 Å². The lowest BCUT2D eigenvalue weighted by molar-refractivity contribution is 0.102. The number of aromatic nitrogens is 1. The largest absolute Gasteiger partial charge is 0.306 e. The van der Waals surface area contributed by atoms with Crippen LogP contribution >= 0.6 is 0 Å². The molecule has 1 heterocycles. The van der Waals surface area contributed by atoms with Gasteiger partial charge in [0.25, 0.3) is 5.91 Å². The van der Waals surface area contributed by atoms with Crippen LogP contribution in [0.3, 0.4) is 0 Å². The van der Waals surface area contributed by atoms with Crippen molar-refractivity contribution < 1.29 is 9.59 Å². The molecule has 0 radical (unpaired) electrons. The SMILES string of the molecule is O=Cc1ccc2ccnc(NC(=O)c3ccccc3)c2c1. The number of hydrogen-bond donors (Lipinski definition) is 1. The molecule has 0 aliphatic rings. The van der Waals surface area contributed by atoms with Crippen molar-refractivity contribution in [1.82, 2.24) is 4.98 Å². The molecular weight excluding hydrogens is 264 g/mol. The van der Waals surface area contributed by atoms with Gasteiger partial charge in [0.15, 0.2) is 0 Å². The Morgan fingerprint density at radius 3 is 2.62 bits per heavy atom. The predicted molar refractivity (Wildman–Crippen MR) is 81.5 cm³/mol. The number of carbonyl (C=O) groups is 2. The van der Waals surface area contributed by atoms with E-state index in [4.69, 9.17) is 0 Å². The van der Waals surface area contributed by atoms with Crippen LogP contribution in [0.2, 0.25) is 0 Å². The van der Waals surface area contributed by atoms with Gasteiger partial charge in [0.1, 0.15) is 12.1 Å². The number of rotatable bonds is 3. The highest BCUT2D eigenvalue weighted by atomic mass is 16.1. The Morgan fingerprint density at radius 2 is 1.86 bits per heavy atom. The molecule has 3 aromatic rings. The molecule has 1 aromatic heterocycles. The van der Waals surface area contributed by atoms with Gasteiger partial charge in [-0.25, -0.2) is 4.98 Å². The molecule has 102 valence electrons. The molecule has 1 amide bonds. The summed E-state index contributed by atoms with van der Waals surface area (Å²) in [5.74, 6) is 0.220. The first-order valence-electron chi connectivity index (χ1n) is 6.48. The van der Waals surface area contributed by atoms with E-state index in [9.17, 15) is 9.59 Å². The standard InChI is InChI=1S/C17H12N2O2/c20-11-12-6-7-13-8-9-18-16(15(13)10-12)19-17(21)14-4-2-1-3-5-14/h1-11H,(H,18,19,21). The number of amides is 1. The van der Waals surface area contributed by atoms with E-state index in [1.165, 1.54) is 0 Å². The second-order valence-electron chi connectivity index (χ2n) is 4.58. The third-order valence-corrected chi connectivity index (χ3v) is 3.19. The van der Waals surface area contributed by atoms with Crippen LogP contribution in [0.4, 0.5) is 5.82 Å². The Balaban J connectivity index is 2.00. The average molecular weight is 276 g/mol. The molecule has 0 atom stereocenters. The zero-order valence-corrected chi connectivity index (χ0v) is 11.1. The van der Waals surface area contributed by atoms with E-state index in [0.717, 1.165) is 17.1 Å². The van der Waals surface area contributed by atoms with Crippen molar-refractivity contribution in [1.29, 1.82) is 0 Å². The molecule has 0 saturated carbocycles. The van der Waals surface area contributed by atoms with Crippen molar-refractivity contribution in [3.05, 3.63) is 71.9 Å². The molecule has 0 bridgehead atoms. The van der Waals surface area contributed by atoms with Gasteiger partial charge in [-0.05, 0) is 29.7 Å². The van der Waals surface area contributed by atoms with E-state index in [-0.39, 0.29) is 5.91 Å². The van der Waals surface area contributed by atoms with Crippen molar-refractivity contribution in [3.8, 4) is 0 Å². The van der Waals surface area contributed by atoms with Crippen molar-refractivity contribution in [2.75, 3.05) is 5.32 Å². The smallest absolute Gasteiger partial charge is 0.256 e. The van der Waals surface area contributed by atoms with Crippen LogP contribution in [0.1, 0.15) is 20.7 Å². The lowest BCUT2D eigenvalue weighted by atomic mass is 10.1. The van der Waals surface area contributed by atoms with Crippen molar-refractivity contribution in [3.63, 3.8) is 0 Å². The maximum atomic E-state index is 12.2. The number of benzene rings is 2. The fourth-order valence-electron chi connectivity index (χ4n) is 2.13. The number of pyridine rings is 1. The number of aldehydes is 1. The van der Waals surface area contributed by atoms with Crippen LogP contribution in [-0.4, -0.2) is 17.2 Å². The number of fused-ring (bicyclic) bond motifs is 1. The van der Waals surface area contributed by atoms with E-state index < -0.39 is 0 Å². The summed E-state index contributed by atoms with van der Waals surface area (Å²) < 4.78 is 0. The summed E-state index contributed by atoms with van der Waals surface area (Å²) in [5, 5.41) is 4.44. The lowest BCUT2D eigenvalue weighted by Crippen LogP contribution is -2.13. The fraction of sp³-hybridized carbons (Fsp3) is 0. The van der Waals surface area contributed by atoms with E-state index >= 15 is 0 Å². The highest BCUT2D eigenvalue weighted by molar-refractivity contribution is 6.08. The van der Waals surface area contributed by atoms with Gasteiger partial charge in [0.2, 0.25) is 0 Å². The molecule has 21 heavy (non-hydrogen) atoms. The van der Waals surface area contributed by atoms with E-state index in [2.05, 4.69) is 10.3 Å². The summed E-state index contributed by atoms with van der Waals surface area (Å²) in [6.07, 6.45) is 2.40. The second kappa shape index (κ2) is 5.54. The number of nitrogens with zero attached hydrogens (tertiary/aromatic N) is 1. The summed E-state index contributed by atoms with van der Waals surface area (Å²) in [7, 11) is 0. The van der Waals surface area contributed by atoms with Gasteiger partial charge < -0.3 is 5.32 Å². The quantitative estimate of drug-likeness (QED) is 0.747. The first-order valence-corrected chi connectivity index (χ1v) is 6.48. The zero-order valence-electron chi connectivity index (χ0n) is 11.1. The second-order valence-corrected chi connectivity index (χ2v) is 4.58. The summed E-state index contributed by atoms with van der Waals surface area (Å²) >= 11 is 0. The maximum Gasteiger partial charge on any atom is 0.256 e. The summed E-state index contributed by atoms with van der Waals surface area (Å²) in [6, 6.07) is 16.0. The van der Waals surface area contributed by atoms with Gasteiger partial charge in [0.05, 0.1) is 0 Å². The number of carbonyl (C=O) groups excluding carboxylic acids is 2. The summed E-state index contributed by atoms with van der Waals surface area (Å²) in [6.45, 7) is 0. The maximum absolute atomic E-state index is 12.2. The van der Waals surface area contributed by atoms with Gasteiger partial charge >= 0.3 is 0 Å². The first kappa shape index (κ1) is 13.0. The molecule has 0 unspecified atom stereocenters. The number of hydrogen-bond acceptors (Lipinski definition) is 3. The van der Waals surface area contributed by atoms with Crippen LogP contribution < -0.4 is 5.32 Å². The third-order valence-electron chi connectivity index (χ3n) is 3.19. The van der Waals surface area contributed by atoms with Crippen molar-refractivity contribution in [2.24, 2.45) is 0 Å². The van der Waals surface area contributed by atoms with Crippen LogP contribution in [0.5, 0.6) is 0 Å². The van der Waals surface area contributed by atoms with Crippen LogP contribution in [-0.2, 0) is 0 Å². The molecule has 3 rings (SSSR count). The summed E-state index contributed by atoms with van der Waals surface area (Å²) in [5.41, 5.74) is 1.11. The number of anilines is 1. The molecule has 0 aliphatic carbocycles. The van der Waals surface area contributed by atoms with Crippen molar-refractivity contribution >= 4 is 28.8 Å².